The molecule has 5 nitrogen and oxygen atoms in total. The van der Waals surface area contributed by atoms with Crippen LogP contribution in [0.3, 0.4) is 0 Å². The summed E-state index contributed by atoms with van der Waals surface area (Å²) in [6, 6.07) is 5.18. The van der Waals surface area contributed by atoms with Gasteiger partial charge in [0.2, 0.25) is 0 Å². The Hall–Kier alpha value is -1.56. The first-order chi connectivity index (χ1) is 9.97. The monoisotopic (exact) mass is 309 g/mol. The van der Waals surface area contributed by atoms with E-state index in [-0.39, 0.29) is 22.0 Å². The average Bonchev–Trinajstić information content (AvgIpc) is 3.20. The summed E-state index contributed by atoms with van der Waals surface area (Å²) in [7, 11) is 1.41. The van der Waals surface area contributed by atoms with Crippen LogP contribution in [0.15, 0.2) is 18.2 Å². The number of methoxy groups -OCH3 is 1. The van der Waals surface area contributed by atoms with E-state index in [9.17, 15) is 14.9 Å². The number of carbonyl (C=O) groups excluding carboxylic acids is 1. The number of benzene rings is 1. The molecule has 1 saturated carbocycles. The molecule has 0 radical (unpaired) electrons. The summed E-state index contributed by atoms with van der Waals surface area (Å²) in [6.45, 7) is 1.79. The van der Waals surface area contributed by atoms with Crippen LogP contribution in [-0.2, 0) is 15.3 Å². The minimum atomic E-state index is -0.344. The van der Waals surface area contributed by atoms with Crippen molar-refractivity contribution in [2.24, 2.45) is 5.41 Å². The highest BCUT2D eigenvalue weighted by molar-refractivity contribution is 7.98. The van der Waals surface area contributed by atoms with Crippen molar-refractivity contribution in [3.05, 3.63) is 39.4 Å². The molecule has 0 heterocycles. The molecule has 1 aromatic rings. The highest BCUT2D eigenvalue weighted by Crippen LogP contribution is 2.51. The Bertz CT molecular complexity index is 555. The molecule has 0 spiro atoms. The molecule has 0 aromatic heterocycles. The summed E-state index contributed by atoms with van der Waals surface area (Å²) in [5.41, 5.74) is 1.98. The number of nitro groups is 1. The number of nitro benzene ring substituents is 1. The Morgan fingerprint density at radius 2 is 2.19 bits per heavy atom. The van der Waals surface area contributed by atoms with Gasteiger partial charge in [-0.05, 0) is 36.5 Å². The second-order valence-corrected chi connectivity index (χ2v) is 6.55. The van der Waals surface area contributed by atoms with E-state index in [2.05, 4.69) is 0 Å². The van der Waals surface area contributed by atoms with Crippen molar-refractivity contribution in [2.75, 3.05) is 12.9 Å². The minimum Gasteiger partial charge on any atom is -0.469 e. The van der Waals surface area contributed by atoms with Crippen LogP contribution in [0, 0.1) is 22.5 Å². The number of thioether (sulfide) groups is 1. The maximum atomic E-state index is 11.4. The number of nitrogens with zero attached hydrogens (tertiary/aromatic N) is 1. The van der Waals surface area contributed by atoms with Gasteiger partial charge in [-0.1, -0.05) is 12.1 Å². The Labute approximate surface area is 128 Å². The van der Waals surface area contributed by atoms with Gasteiger partial charge >= 0.3 is 5.97 Å². The Balaban J connectivity index is 1.91. The number of carbonyl (C=O) groups is 1. The lowest BCUT2D eigenvalue weighted by atomic mass is 10.1. The Kier molecular flexibility index (Phi) is 4.88. The van der Waals surface area contributed by atoms with Gasteiger partial charge in [0.25, 0.3) is 5.69 Å². The summed E-state index contributed by atoms with van der Waals surface area (Å²) >= 11 is 1.73. The van der Waals surface area contributed by atoms with Crippen LogP contribution in [0.1, 0.15) is 30.4 Å². The van der Waals surface area contributed by atoms with E-state index in [1.807, 2.05) is 6.07 Å². The Morgan fingerprint density at radius 3 is 2.76 bits per heavy atom. The molecule has 0 N–H and O–H groups in total. The normalized spacial score (nSPS) is 15.5. The van der Waals surface area contributed by atoms with Crippen LogP contribution in [0.25, 0.3) is 0 Å². The van der Waals surface area contributed by atoms with Gasteiger partial charge < -0.3 is 4.74 Å². The molecule has 1 aliphatic carbocycles. The van der Waals surface area contributed by atoms with E-state index in [1.54, 1.807) is 24.8 Å². The van der Waals surface area contributed by atoms with Crippen LogP contribution in [0.4, 0.5) is 5.69 Å². The molecule has 21 heavy (non-hydrogen) atoms. The van der Waals surface area contributed by atoms with Gasteiger partial charge in [-0.15, -0.1) is 0 Å². The molecule has 0 aliphatic heterocycles. The predicted octanol–water partition coefficient (Wildman–Crippen LogP) is 3.48. The number of ether oxygens (including phenoxy) is 1. The third-order valence-corrected chi connectivity index (χ3v) is 5.32. The molecule has 2 rings (SSSR count). The van der Waals surface area contributed by atoms with E-state index in [0.29, 0.717) is 6.42 Å². The second-order valence-electron chi connectivity index (χ2n) is 5.56. The van der Waals surface area contributed by atoms with Gasteiger partial charge in [0.15, 0.2) is 0 Å². The number of esters is 1. The molecule has 0 bridgehead atoms. The number of hydrogen-bond acceptors (Lipinski definition) is 5. The van der Waals surface area contributed by atoms with Gasteiger partial charge in [0.05, 0.1) is 18.5 Å². The lowest BCUT2D eigenvalue weighted by molar-refractivity contribution is -0.385. The van der Waals surface area contributed by atoms with Crippen LogP contribution in [0.2, 0.25) is 0 Å². The predicted molar refractivity (Wildman–Crippen MR) is 82.3 cm³/mol. The molecule has 0 atom stereocenters. The number of hydrogen-bond donors (Lipinski definition) is 0. The van der Waals surface area contributed by atoms with Gasteiger partial charge in [-0.3, -0.25) is 14.9 Å². The summed E-state index contributed by atoms with van der Waals surface area (Å²) in [5.74, 6) is 1.47. The zero-order valence-corrected chi connectivity index (χ0v) is 13.1. The summed E-state index contributed by atoms with van der Waals surface area (Å²) in [4.78, 5) is 21.9. The number of rotatable bonds is 7. The fourth-order valence-electron chi connectivity index (χ4n) is 2.33. The molecule has 114 valence electrons. The molecule has 6 heteroatoms. The molecule has 0 saturated heterocycles. The van der Waals surface area contributed by atoms with E-state index < -0.39 is 0 Å². The quantitative estimate of drug-likeness (QED) is 0.438. The fourth-order valence-corrected chi connectivity index (χ4v) is 3.79. The SMILES string of the molecule is COC(=O)CC1(CSCc2cccc([N+](=O)[O-])c2C)CC1. The maximum Gasteiger partial charge on any atom is 0.306 e. The first-order valence-corrected chi connectivity index (χ1v) is 8.00. The Morgan fingerprint density at radius 1 is 1.48 bits per heavy atom. The van der Waals surface area contributed by atoms with Crippen LogP contribution in [0.5, 0.6) is 0 Å². The van der Waals surface area contributed by atoms with Gasteiger partial charge in [0.1, 0.15) is 0 Å². The van der Waals surface area contributed by atoms with Crippen molar-refractivity contribution in [2.45, 2.75) is 31.9 Å². The van der Waals surface area contributed by atoms with Crippen molar-refractivity contribution >= 4 is 23.4 Å². The zero-order valence-electron chi connectivity index (χ0n) is 12.3. The molecule has 1 aromatic carbocycles. The van der Waals surface area contributed by atoms with Crippen LogP contribution in [-0.4, -0.2) is 23.8 Å². The van der Waals surface area contributed by atoms with E-state index in [4.69, 9.17) is 4.74 Å². The van der Waals surface area contributed by atoms with Crippen molar-refractivity contribution < 1.29 is 14.5 Å². The third kappa shape index (κ3) is 3.97. The third-order valence-electron chi connectivity index (χ3n) is 3.98. The van der Waals surface area contributed by atoms with Crippen LogP contribution < -0.4 is 0 Å². The fraction of sp³-hybridized carbons (Fsp3) is 0.533. The van der Waals surface area contributed by atoms with Crippen molar-refractivity contribution in [3.63, 3.8) is 0 Å². The van der Waals surface area contributed by atoms with Gasteiger partial charge in [-0.2, -0.15) is 11.8 Å². The summed E-state index contributed by atoms with van der Waals surface area (Å²) in [5, 5.41) is 10.9. The first kappa shape index (κ1) is 15.8. The van der Waals surface area contributed by atoms with Gasteiger partial charge in [-0.25, -0.2) is 0 Å². The topological polar surface area (TPSA) is 69.4 Å². The van der Waals surface area contributed by atoms with Crippen LogP contribution >= 0.6 is 11.8 Å². The lowest BCUT2D eigenvalue weighted by Gasteiger charge is -2.13. The van der Waals surface area contributed by atoms with E-state index in [1.165, 1.54) is 13.2 Å². The minimum absolute atomic E-state index is 0.0897. The van der Waals surface area contributed by atoms with Gasteiger partial charge in [0, 0.05) is 17.4 Å². The molecule has 0 unspecified atom stereocenters. The smallest absolute Gasteiger partial charge is 0.306 e. The first-order valence-electron chi connectivity index (χ1n) is 6.85. The zero-order chi connectivity index (χ0) is 15.5. The highest BCUT2D eigenvalue weighted by Gasteiger charge is 2.44. The molecule has 1 aliphatic rings. The molecule has 0 amide bonds. The van der Waals surface area contributed by atoms with Crippen molar-refractivity contribution in [1.82, 2.24) is 0 Å². The second kappa shape index (κ2) is 6.47. The van der Waals surface area contributed by atoms with Crippen molar-refractivity contribution in [3.8, 4) is 0 Å². The average molecular weight is 309 g/mol. The maximum absolute atomic E-state index is 11.4. The van der Waals surface area contributed by atoms with E-state index >= 15 is 0 Å². The molecular formula is C15H19NO4S. The molecular weight excluding hydrogens is 290 g/mol. The van der Waals surface area contributed by atoms with Crippen molar-refractivity contribution in [1.29, 1.82) is 0 Å². The highest BCUT2D eigenvalue weighted by atomic mass is 32.2. The standard InChI is InChI=1S/C15H19NO4S/c1-11-12(4-3-5-13(11)16(18)19)9-21-10-15(6-7-15)8-14(17)20-2/h3-5H,6-10H2,1-2H3. The summed E-state index contributed by atoms with van der Waals surface area (Å²) < 4.78 is 4.73. The largest absolute Gasteiger partial charge is 0.469 e. The molecule has 1 fully saturated rings. The van der Waals surface area contributed by atoms with E-state index in [0.717, 1.165) is 35.5 Å². The lowest BCUT2D eigenvalue weighted by Crippen LogP contribution is -2.13. The summed E-state index contributed by atoms with van der Waals surface area (Å²) in [6.07, 6.45) is 2.59.